The molecule has 0 saturated carbocycles. The van der Waals surface area contributed by atoms with Crippen molar-refractivity contribution in [3.05, 3.63) is 52.6 Å². The molecule has 1 heterocycles. The van der Waals surface area contributed by atoms with E-state index in [1.54, 1.807) is 0 Å². The lowest BCUT2D eigenvalue weighted by atomic mass is 9.84. The molecule has 3 rings (SSSR count). The second-order valence-corrected chi connectivity index (χ2v) is 6.42. The first-order valence-corrected chi connectivity index (χ1v) is 7.71. The standard InChI is InChI=1S/C20H18N2O/c1-13-9-17-16-7-6-14(12-22)10-18(16)20(2,3)23-19(17)11-15(13)5-4-8-21/h6-7,9-11H,4-5H2,1-3H3. The van der Waals surface area contributed by atoms with Gasteiger partial charge in [0.2, 0.25) is 0 Å². The summed E-state index contributed by atoms with van der Waals surface area (Å²) < 4.78 is 6.23. The lowest BCUT2D eigenvalue weighted by molar-refractivity contribution is 0.105. The van der Waals surface area contributed by atoms with Crippen molar-refractivity contribution >= 4 is 0 Å². The van der Waals surface area contributed by atoms with Crippen LogP contribution in [0.15, 0.2) is 30.3 Å². The molecule has 3 heteroatoms. The third-order valence-corrected chi connectivity index (χ3v) is 4.40. The maximum Gasteiger partial charge on any atom is 0.129 e. The Morgan fingerprint density at radius 3 is 2.57 bits per heavy atom. The van der Waals surface area contributed by atoms with Gasteiger partial charge in [-0.25, -0.2) is 0 Å². The van der Waals surface area contributed by atoms with Crippen molar-refractivity contribution in [3.8, 4) is 29.0 Å². The summed E-state index contributed by atoms with van der Waals surface area (Å²) in [5.41, 5.74) is 5.68. The molecule has 1 aliphatic heterocycles. The number of rotatable bonds is 2. The largest absolute Gasteiger partial charge is 0.482 e. The fraction of sp³-hybridized carbons (Fsp3) is 0.300. The average molecular weight is 302 g/mol. The molecular weight excluding hydrogens is 284 g/mol. The van der Waals surface area contributed by atoms with E-state index >= 15 is 0 Å². The van der Waals surface area contributed by atoms with E-state index in [1.807, 2.05) is 32.0 Å². The molecule has 2 aromatic carbocycles. The SMILES string of the molecule is Cc1cc2c(cc1CCC#N)OC(C)(C)c1cc(C#N)ccc1-2. The molecule has 0 unspecified atom stereocenters. The van der Waals surface area contributed by atoms with Crippen LogP contribution in [-0.2, 0) is 12.0 Å². The second kappa shape index (κ2) is 5.45. The molecule has 0 atom stereocenters. The van der Waals surface area contributed by atoms with Crippen molar-refractivity contribution in [2.75, 3.05) is 0 Å². The average Bonchev–Trinajstić information content (AvgIpc) is 2.53. The summed E-state index contributed by atoms with van der Waals surface area (Å²) in [6.45, 7) is 6.10. The van der Waals surface area contributed by atoms with Crippen molar-refractivity contribution in [1.29, 1.82) is 10.5 Å². The number of fused-ring (bicyclic) bond motifs is 3. The number of nitrogens with zero attached hydrogens (tertiary/aromatic N) is 2. The molecular formula is C20H18N2O. The molecule has 0 spiro atoms. The van der Waals surface area contributed by atoms with Gasteiger partial charge in [-0.2, -0.15) is 10.5 Å². The monoisotopic (exact) mass is 302 g/mol. The molecule has 0 amide bonds. The van der Waals surface area contributed by atoms with Gasteiger partial charge in [0.15, 0.2) is 0 Å². The maximum atomic E-state index is 9.15. The summed E-state index contributed by atoms with van der Waals surface area (Å²) in [4.78, 5) is 0. The molecule has 0 bridgehead atoms. The van der Waals surface area contributed by atoms with E-state index in [2.05, 4.69) is 31.2 Å². The van der Waals surface area contributed by atoms with Gasteiger partial charge in [0.1, 0.15) is 11.4 Å². The van der Waals surface area contributed by atoms with E-state index in [-0.39, 0.29) is 0 Å². The quantitative estimate of drug-likeness (QED) is 0.813. The van der Waals surface area contributed by atoms with E-state index in [1.165, 1.54) is 0 Å². The van der Waals surface area contributed by atoms with Gasteiger partial charge in [0, 0.05) is 17.5 Å². The van der Waals surface area contributed by atoms with Gasteiger partial charge in [-0.1, -0.05) is 6.07 Å². The fourth-order valence-corrected chi connectivity index (χ4v) is 3.16. The highest BCUT2D eigenvalue weighted by atomic mass is 16.5. The summed E-state index contributed by atoms with van der Waals surface area (Å²) in [6.07, 6.45) is 1.24. The van der Waals surface area contributed by atoms with Crippen LogP contribution < -0.4 is 4.74 Å². The Morgan fingerprint density at radius 1 is 1.09 bits per heavy atom. The number of ether oxygens (including phenoxy) is 1. The lowest BCUT2D eigenvalue weighted by Gasteiger charge is -2.35. The third kappa shape index (κ3) is 2.56. The Labute approximate surface area is 136 Å². The van der Waals surface area contributed by atoms with Gasteiger partial charge in [-0.05, 0) is 68.1 Å². The minimum absolute atomic E-state index is 0.489. The predicted molar refractivity (Wildman–Crippen MR) is 88.9 cm³/mol. The minimum atomic E-state index is -0.489. The van der Waals surface area contributed by atoms with Crippen LogP contribution in [0.5, 0.6) is 5.75 Å². The predicted octanol–water partition coefficient (Wildman–Crippen LogP) is 4.62. The van der Waals surface area contributed by atoms with Crippen molar-refractivity contribution in [1.82, 2.24) is 0 Å². The number of hydrogen-bond donors (Lipinski definition) is 0. The first kappa shape index (κ1) is 15.1. The van der Waals surface area contributed by atoms with Crippen molar-refractivity contribution in [3.63, 3.8) is 0 Å². The Morgan fingerprint density at radius 2 is 1.87 bits per heavy atom. The lowest BCUT2D eigenvalue weighted by Crippen LogP contribution is -2.29. The molecule has 3 nitrogen and oxygen atoms in total. The van der Waals surface area contributed by atoms with Crippen LogP contribution in [0.2, 0.25) is 0 Å². The molecule has 0 N–H and O–H groups in total. The number of hydrogen-bond acceptors (Lipinski definition) is 3. The van der Waals surface area contributed by atoms with Gasteiger partial charge in [-0.15, -0.1) is 0 Å². The van der Waals surface area contributed by atoms with Crippen LogP contribution >= 0.6 is 0 Å². The number of aryl methyl sites for hydroxylation is 2. The third-order valence-electron chi connectivity index (χ3n) is 4.40. The van der Waals surface area contributed by atoms with E-state index in [4.69, 9.17) is 15.3 Å². The number of nitriles is 2. The van der Waals surface area contributed by atoms with Crippen LogP contribution in [0.4, 0.5) is 0 Å². The minimum Gasteiger partial charge on any atom is -0.482 e. The smallest absolute Gasteiger partial charge is 0.129 e. The zero-order valence-electron chi connectivity index (χ0n) is 13.6. The molecule has 114 valence electrons. The van der Waals surface area contributed by atoms with Crippen LogP contribution in [0.25, 0.3) is 11.1 Å². The summed E-state index contributed by atoms with van der Waals surface area (Å²) in [5.74, 6) is 0.853. The highest BCUT2D eigenvalue weighted by Crippen LogP contribution is 2.46. The zero-order valence-corrected chi connectivity index (χ0v) is 13.6. The van der Waals surface area contributed by atoms with Gasteiger partial charge in [-0.3, -0.25) is 0 Å². The summed E-state index contributed by atoms with van der Waals surface area (Å²) in [6, 6.07) is 14.3. The van der Waals surface area contributed by atoms with Crippen LogP contribution in [0.1, 0.15) is 42.5 Å². The molecule has 0 aromatic heterocycles. The van der Waals surface area contributed by atoms with E-state index in [0.717, 1.165) is 40.0 Å². The molecule has 23 heavy (non-hydrogen) atoms. The van der Waals surface area contributed by atoms with Crippen molar-refractivity contribution < 1.29 is 4.74 Å². The van der Waals surface area contributed by atoms with Crippen LogP contribution in [0.3, 0.4) is 0 Å². The zero-order chi connectivity index (χ0) is 16.6. The first-order chi connectivity index (χ1) is 11.0. The maximum absolute atomic E-state index is 9.15. The number of benzene rings is 2. The molecule has 0 radical (unpaired) electrons. The highest BCUT2D eigenvalue weighted by Gasteiger charge is 2.33. The molecule has 1 aliphatic rings. The highest BCUT2D eigenvalue weighted by molar-refractivity contribution is 5.78. The van der Waals surface area contributed by atoms with Gasteiger partial charge in [0.25, 0.3) is 0 Å². The first-order valence-electron chi connectivity index (χ1n) is 7.71. The normalized spacial score (nSPS) is 14.0. The Kier molecular flexibility index (Phi) is 3.58. The topological polar surface area (TPSA) is 56.8 Å². The molecule has 0 fully saturated rings. The molecule has 2 aromatic rings. The van der Waals surface area contributed by atoms with Gasteiger partial charge < -0.3 is 4.74 Å². The van der Waals surface area contributed by atoms with Gasteiger partial charge in [0.05, 0.1) is 17.7 Å². The molecule has 0 saturated heterocycles. The summed E-state index contributed by atoms with van der Waals surface area (Å²) in [7, 11) is 0. The van der Waals surface area contributed by atoms with Gasteiger partial charge >= 0.3 is 0 Å². The van der Waals surface area contributed by atoms with E-state index in [9.17, 15) is 0 Å². The second-order valence-electron chi connectivity index (χ2n) is 6.42. The Bertz CT molecular complexity index is 866. The van der Waals surface area contributed by atoms with Crippen molar-refractivity contribution in [2.45, 2.75) is 39.2 Å². The Balaban J connectivity index is 2.18. The fourth-order valence-electron chi connectivity index (χ4n) is 3.16. The van der Waals surface area contributed by atoms with E-state index in [0.29, 0.717) is 12.0 Å². The van der Waals surface area contributed by atoms with Crippen LogP contribution in [0, 0.1) is 29.6 Å². The molecule has 0 aliphatic carbocycles. The van der Waals surface area contributed by atoms with E-state index < -0.39 is 5.60 Å². The summed E-state index contributed by atoms with van der Waals surface area (Å²) >= 11 is 0. The van der Waals surface area contributed by atoms with Crippen molar-refractivity contribution in [2.24, 2.45) is 0 Å². The summed E-state index contributed by atoms with van der Waals surface area (Å²) in [5, 5.41) is 18.0. The Hall–Kier alpha value is -2.78. The van der Waals surface area contributed by atoms with Crippen LogP contribution in [-0.4, -0.2) is 0 Å².